The van der Waals surface area contributed by atoms with E-state index in [9.17, 15) is 0 Å². The van der Waals surface area contributed by atoms with E-state index in [-0.39, 0.29) is 24.8 Å². The minimum Gasteiger partial charge on any atom is -0.354 e. The topological polar surface area (TPSA) is 53.1 Å². The Labute approximate surface area is 135 Å². The molecule has 0 spiro atoms. The number of nitrogens with zero attached hydrogens (tertiary/aromatic N) is 3. The van der Waals surface area contributed by atoms with Gasteiger partial charge in [0.15, 0.2) is 11.0 Å². The van der Waals surface area contributed by atoms with Gasteiger partial charge in [-0.2, -0.15) is 9.97 Å². The molecule has 0 unspecified atom stereocenters. The van der Waals surface area contributed by atoms with Crippen molar-refractivity contribution in [2.75, 3.05) is 42.9 Å². The van der Waals surface area contributed by atoms with E-state index in [1.807, 2.05) is 6.92 Å². The zero-order valence-electron chi connectivity index (χ0n) is 10.4. The molecule has 1 aliphatic rings. The first-order valence-corrected chi connectivity index (χ1v) is 6.40. The molecule has 1 aromatic heterocycles. The molecular formula is C10H17Cl4N5. The molecule has 5 nitrogen and oxygen atoms in total. The van der Waals surface area contributed by atoms with Gasteiger partial charge in [-0.1, -0.05) is 23.2 Å². The molecule has 0 amide bonds. The summed E-state index contributed by atoms with van der Waals surface area (Å²) in [5.41, 5.74) is 0. The summed E-state index contributed by atoms with van der Waals surface area (Å²) in [6.07, 6.45) is 0. The Kier molecular flexibility index (Phi) is 8.78. The second kappa shape index (κ2) is 8.87. The number of nitrogens with one attached hydrogen (secondary N) is 2. The SMILES string of the molecule is CCNc1nc(Cl)c(Cl)c(N2CCNCC2)n1.Cl.Cl. The van der Waals surface area contributed by atoms with Gasteiger partial charge in [0.1, 0.15) is 5.02 Å². The first-order chi connectivity index (χ1) is 8.22. The van der Waals surface area contributed by atoms with E-state index in [0.717, 1.165) is 32.7 Å². The van der Waals surface area contributed by atoms with E-state index < -0.39 is 0 Å². The van der Waals surface area contributed by atoms with Crippen molar-refractivity contribution in [3.05, 3.63) is 10.2 Å². The van der Waals surface area contributed by atoms with Gasteiger partial charge in [-0.05, 0) is 6.92 Å². The third-order valence-electron chi connectivity index (χ3n) is 2.54. The average Bonchev–Trinajstić information content (AvgIpc) is 2.35. The summed E-state index contributed by atoms with van der Waals surface area (Å²) in [6.45, 7) is 6.33. The highest BCUT2D eigenvalue weighted by Gasteiger charge is 2.18. The Balaban J connectivity index is 0.00000162. The molecule has 0 aliphatic carbocycles. The summed E-state index contributed by atoms with van der Waals surface area (Å²) < 4.78 is 0. The highest BCUT2D eigenvalue weighted by atomic mass is 35.5. The first-order valence-electron chi connectivity index (χ1n) is 5.65. The summed E-state index contributed by atoms with van der Waals surface area (Å²) >= 11 is 12.2. The van der Waals surface area contributed by atoms with Crippen molar-refractivity contribution in [2.45, 2.75) is 6.92 Å². The summed E-state index contributed by atoms with van der Waals surface area (Å²) in [4.78, 5) is 10.6. The lowest BCUT2D eigenvalue weighted by Gasteiger charge is -2.29. The largest absolute Gasteiger partial charge is 0.354 e. The highest BCUT2D eigenvalue weighted by Crippen LogP contribution is 2.30. The standard InChI is InChI=1S/C10H15Cl2N5.2ClH/c1-2-14-10-15-8(12)7(11)9(16-10)17-5-3-13-4-6-17;;/h13H,2-6H2,1H3,(H,14,15,16);2*1H. The molecule has 2 N–H and O–H groups in total. The fourth-order valence-electron chi connectivity index (χ4n) is 1.73. The Morgan fingerprint density at radius 3 is 2.42 bits per heavy atom. The number of anilines is 2. The number of rotatable bonds is 3. The monoisotopic (exact) mass is 347 g/mol. The minimum atomic E-state index is 0. The van der Waals surface area contributed by atoms with E-state index in [0.29, 0.717) is 21.9 Å². The molecule has 0 saturated carbocycles. The summed E-state index contributed by atoms with van der Waals surface area (Å²) in [5.74, 6) is 1.24. The summed E-state index contributed by atoms with van der Waals surface area (Å²) in [5, 5.41) is 7.05. The average molecular weight is 349 g/mol. The maximum absolute atomic E-state index is 6.15. The number of hydrogen-bond acceptors (Lipinski definition) is 5. The predicted molar refractivity (Wildman–Crippen MR) is 85.8 cm³/mol. The minimum absolute atomic E-state index is 0. The molecule has 0 bridgehead atoms. The quantitative estimate of drug-likeness (QED) is 0.822. The van der Waals surface area contributed by atoms with Crippen LogP contribution >= 0.6 is 48.0 Å². The number of aromatic nitrogens is 2. The van der Waals surface area contributed by atoms with Crippen LogP contribution in [0.3, 0.4) is 0 Å². The molecule has 2 rings (SSSR count). The lowest BCUT2D eigenvalue weighted by atomic mass is 10.3. The molecule has 1 fully saturated rings. The Morgan fingerprint density at radius 1 is 1.21 bits per heavy atom. The van der Waals surface area contributed by atoms with E-state index >= 15 is 0 Å². The van der Waals surface area contributed by atoms with Crippen molar-refractivity contribution in [3.8, 4) is 0 Å². The molecule has 1 aromatic rings. The van der Waals surface area contributed by atoms with Crippen LogP contribution in [-0.2, 0) is 0 Å². The first kappa shape index (κ1) is 18.8. The van der Waals surface area contributed by atoms with Crippen LogP contribution in [-0.4, -0.2) is 42.7 Å². The molecule has 1 saturated heterocycles. The normalized spacial score (nSPS) is 14.4. The zero-order chi connectivity index (χ0) is 12.3. The van der Waals surface area contributed by atoms with Crippen molar-refractivity contribution in [2.24, 2.45) is 0 Å². The molecule has 9 heteroatoms. The lowest BCUT2D eigenvalue weighted by molar-refractivity contribution is 0.585. The third-order valence-corrected chi connectivity index (χ3v) is 3.26. The molecule has 19 heavy (non-hydrogen) atoms. The number of halogens is 4. The van der Waals surface area contributed by atoms with Gasteiger partial charge in [-0.25, -0.2) is 0 Å². The van der Waals surface area contributed by atoms with Gasteiger partial charge < -0.3 is 15.5 Å². The maximum Gasteiger partial charge on any atom is 0.226 e. The fraction of sp³-hybridized carbons (Fsp3) is 0.600. The van der Waals surface area contributed by atoms with Gasteiger partial charge in [-0.15, -0.1) is 24.8 Å². The number of hydrogen-bond donors (Lipinski definition) is 2. The highest BCUT2D eigenvalue weighted by molar-refractivity contribution is 6.42. The fourth-order valence-corrected chi connectivity index (χ4v) is 2.10. The van der Waals surface area contributed by atoms with Gasteiger partial charge in [0.25, 0.3) is 0 Å². The van der Waals surface area contributed by atoms with Crippen molar-refractivity contribution in [3.63, 3.8) is 0 Å². The summed E-state index contributed by atoms with van der Waals surface area (Å²) in [6, 6.07) is 0. The Morgan fingerprint density at radius 2 is 1.84 bits per heavy atom. The molecule has 0 radical (unpaired) electrons. The summed E-state index contributed by atoms with van der Waals surface area (Å²) in [7, 11) is 0. The van der Waals surface area contributed by atoms with E-state index in [1.165, 1.54) is 0 Å². The van der Waals surface area contributed by atoms with E-state index in [2.05, 4.69) is 25.5 Å². The van der Waals surface area contributed by atoms with Crippen LogP contribution < -0.4 is 15.5 Å². The van der Waals surface area contributed by atoms with Crippen molar-refractivity contribution in [1.29, 1.82) is 0 Å². The van der Waals surface area contributed by atoms with Gasteiger partial charge in [-0.3, -0.25) is 0 Å². The van der Waals surface area contributed by atoms with Crippen LogP contribution in [0.25, 0.3) is 0 Å². The van der Waals surface area contributed by atoms with Gasteiger partial charge in [0, 0.05) is 32.7 Å². The van der Waals surface area contributed by atoms with E-state index in [1.54, 1.807) is 0 Å². The lowest BCUT2D eigenvalue weighted by Crippen LogP contribution is -2.44. The van der Waals surface area contributed by atoms with Crippen LogP contribution in [0.5, 0.6) is 0 Å². The van der Waals surface area contributed by atoms with Crippen LogP contribution in [0, 0.1) is 0 Å². The number of piperazine rings is 1. The molecule has 0 atom stereocenters. The van der Waals surface area contributed by atoms with Crippen LogP contribution in [0.1, 0.15) is 6.92 Å². The van der Waals surface area contributed by atoms with Gasteiger partial charge in [0.05, 0.1) is 0 Å². The van der Waals surface area contributed by atoms with Crippen molar-refractivity contribution < 1.29 is 0 Å². The Bertz CT molecular complexity index is 398. The van der Waals surface area contributed by atoms with Crippen LogP contribution in [0.15, 0.2) is 0 Å². The third kappa shape index (κ3) is 4.68. The molecule has 1 aliphatic heterocycles. The van der Waals surface area contributed by atoms with Crippen LogP contribution in [0.2, 0.25) is 10.2 Å². The maximum atomic E-state index is 6.15. The van der Waals surface area contributed by atoms with Crippen LogP contribution in [0.4, 0.5) is 11.8 Å². The smallest absolute Gasteiger partial charge is 0.226 e. The van der Waals surface area contributed by atoms with Crippen molar-refractivity contribution >= 4 is 59.8 Å². The second-order valence-electron chi connectivity index (χ2n) is 3.74. The Hall–Kier alpha value is -0.200. The molecular weight excluding hydrogens is 332 g/mol. The molecule has 2 heterocycles. The van der Waals surface area contributed by atoms with Gasteiger partial charge >= 0.3 is 0 Å². The molecule has 110 valence electrons. The predicted octanol–water partition coefficient (Wildman–Crippen LogP) is 2.47. The molecule has 0 aromatic carbocycles. The second-order valence-corrected chi connectivity index (χ2v) is 4.48. The van der Waals surface area contributed by atoms with Crippen molar-refractivity contribution in [1.82, 2.24) is 15.3 Å². The van der Waals surface area contributed by atoms with E-state index in [4.69, 9.17) is 23.2 Å². The van der Waals surface area contributed by atoms with Gasteiger partial charge in [0.2, 0.25) is 5.95 Å². The zero-order valence-corrected chi connectivity index (χ0v) is 13.6.